The lowest BCUT2D eigenvalue weighted by atomic mass is 10.0. The van der Waals surface area contributed by atoms with Gasteiger partial charge in [-0.25, -0.2) is 0 Å². The average molecular weight is 247 g/mol. The first-order chi connectivity index (χ1) is 7.04. The minimum atomic E-state index is 0.150. The van der Waals surface area contributed by atoms with Crippen LogP contribution in [0, 0.1) is 0 Å². The van der Waals surface area contributed by atoms with E-state index in [2.05, 4.69) is 5.32 Å². The van der Waals surface area contributed by atoms with Crippen molar-refractivity contribution in [3.05, 3.63) is 33.8 Å². The Kier molecular flexibility index (Phi) is 4.87. The number of rotatable bonds is 4. The van der Waals surface area contributed by atoms with Gasteiger partial charge in [0.05, 0.1) is 10.0 Å². The minimum Gasteiger partial charge on any atom is -0.328 e. The third kappa shape index (κ3) is 3.65. The van der Waals surface area contributed by atoms with Gasteiger partial charge >= 0.3 is 0 Å². The van der Waals surface area contributed by atoms with Gasteiger partial charge in [-0.2, -0.15) is 0 Å². The molecular formula is C11H16Cl2N2. The second-order valence-electron chi connectivity index (χ2n) is 3.73. The highest BCUT2D eigenvalue weighted by molar-refractivity contribution is 6.42. The van der Waals surface area contributed by atoms with Gasteiger partial charge < -0.3 is 11.1 Å². The van der Waals surface area contributed by atoms with Gasteiger partial charge in [0.1, 0.15) is 0 Å². The molecule has 84 valence electrons. The number of hydrogen-bond acceptors (Lipinski definition) is 2. The molecular weight excluding hydrogens is 231 g/mol. The standard InChI is InChI=1S/C11H16Cl2N2/c1-7(14)5-11(15-2)8-3-4-9(12)10(13)6-8/h3-4,6-7,11,15H,5,14H2,1-2H3. The first kappa shape index (κ1) is 12.8. The summed E-state index contributed by atoms with van der Waals surface area (Å²) in [5.41, 5.74) is 6.89. The average Bonchev–Trinajstić information content (AvgIpc) is 2.18. The molecule has 0 aliphatic carbocycles. The molecule has 0 saturated heterocycles. The first-order valence-electron chi connectivity index (χ1n) is 4.92. The van der Waals surface area contributed by atoms with E-state index in [1.807, 2.05) is 32.2 Å². The highest BCUT2D eigenvalue weighted by Gasteiger charge is 2.12. The van der Waals surface area contributed by atoms with Crippen LogP contribution in [0.5, 0.6) is 0 Å². The fraction of sp³-hybridized carbons (Fsp3) is 0.455. The summed E-state index contributed by atoms with van der Waals surface area (Å²) in [5.74, 6) is 0. The molecule has 3 N–H and O–H groups in total. The Morgan fingerprint density at radius 1 is 1.33 bits per heavy atom. The molecule has 2 nitrogen and oxygen atoms in total. The zero-order chi connectivity index (χ0) is 11.4. The highest BCUT2D eigenvalue weighted by atomic mass is 35.5. The first-order valence-corrected chi connectivity index (χ1v) is 5.68. The number of hydrogen-bond donors (Lipinski definition) is 2. The molecule has 0 fully saturated rings. The fourth-order valence-electron chi connectivity index (χ4n) is 1.52. The van der Waals surface area contributed by atoms with Crippen molar-refractivity contribution in [3.63, 3.8) is 0 Å². The van der Waals surface area contributed by atoms with E-state index in [1.165, 1.54) is 0 Å². The van der Waals surface area contributed by atoms with Gasteiger partial charge in [-0.05, 0) is 38.1 Å². The predicted octanol–water partition coefficient (Wildman–Crippen LogP) is 2.99. The molecule has 0 aromatic heterocycles. The van der Waals surface area contributed by atoms with Crippen LogP contribution in [0.2, 0.25) is 10.0 Å². The number of nitrogens with two attached hydrogens (primary N) is 1. The Balaban J connectivity index is 2.87. The summed E-state index contributed by atoms with van der Waals surface area (Å²) in [5, 5.41) is 4.38. The van der Waals surface area contributed by atoms with Crippen molar-refractivity contribution < 1.29 is 0 Å². The van der Waals surface area contributed by atoms with Gasteiger partial charge in [0.25, 0.3) is 0 Å². The van der Waals surface area contributed by atoms with Gasteiger partial charge in [0.2, 0.25) is 0 Å². The summed E-state index contributed by atoms with van der Waals surface area (Å²) < 4.78 is 0. The van der Waals surface area contributed by atoms with Crippen molar-refractivity contribution in [2.75, 3.05) is 7.05 Å². The lowest BCUT2D eigenvalue weighted by molar-refractivity contribution is 0.499. The van der Waals surface area contributed by atoms with Crippen LogP contribution in [0.1, 0.15) is 24.9 Å². The molecule has 1 aromatic rings. The summed E-state index contributed by atoms with van der Waals surface area (Å²) >= 11 is 11.8. The van der Waals surface area contributed by atoms with E-state index < -0.39 is 0 Å². The molecule has 0 aliphatic heterocycles. The summed E-state index contributed by atoms with van der Waals surface area (Å²) in [7, 11) is 1.91. The van der Waals surface area contributed by atoms with E-state index in [-0.39, 0.29) is 12.1 Å². The smallest absolute Gasteiger partial charge is 0.0595 e. The van der Waals surface area contributed by atoms with Crippen LogP contribution in [0.3, 0.4) is 0 Å². The molecule has 0 radical (unpaired) electrons. The van der Waals surface area contributed by atoms with E-state index in [4.69, 9.17) is 28.9 Å². The Morgan fingerprint density at radius 2 is 2.00 bits per heavy atom. The predicted molar refractivity (Wildman–Crippen MR) is 66.5 cm³/mol. The molecule has 4 heteroatoms. The van der Waals surface area contributed by atoms with Crippen molar-refractivity contribution in [3.8, 4) is 0 Å². The molecule has 1 rings (SSSR count). The minimum absolute atomic E-state index is 0.150. The third-order valence-electron chi connectivity index (χ3n) is 2.30. The Bertz CT molecular complexity index is 326. The van der Waals surface area contributed by atoms with Gasteiger partial charge in [-0.1, -0.05) is 29.3 Å². The SMILES string of the molecule is CNC(CC(C)N)c1ccc(Cl)c(Cl)c1. The van der Waals surface area contributed by atoms with Gasteiger partial charge in [-0.15, -0.1) is 0 Å². The molecule has 0 amide bonds. The van der Waals surface area contributed by atoms with E-state index in [0.717, 1.165) is 12.0 Å². The Hall–Kier alpha value is -0.280. The summed E-state index contributed by atoms with van der Waals surface area (Å²) in [6.07, 6.45) is 0.870. The van der Waals surface area contributed by atoms with Crippen LogP contribution in [-0.2, 0) is 0 Å². The zero-order valence-electron chi connectivity index (χ0n) is 8.93. The maximum absolute atomic E-state index is 5.96. The van der Waals surface area contributed by atoms with Crippen LogP contribution in [0.25, 0.3) is 0 Å². The topological polar surface area (TPSA) is 38.0 Å². The van der Waals surface area contributed by atoms with E-state index in [9.17, 15) is 0 Å². The normalized spacial score (nSPS) is 15.0. The molecule has 1 aromatic carbocycles. The monoisotopic (exact) mass is 246 g/mol. The maximum atomic E-state index is 5.96. The molecule has 0 aliphatic rings. The lowest BCUT2D eigenvalue weighted by Crippen LogP contribution is -2.25. The summed E-state index contributed by atoms with van der Waals surface area (Å²) in [4.78, 5) is 0. The van der Waals surface area contributed by atoms with Crippen LogP contribution < -0.4 is 11.1 Å². The maximum Gasteiger partial charge on any atom is 0.0595 e. The highest BCUT2D eigenvalue weighted by Crippen LogP contribution is 2.27. The summed E-state index contributed by atoms with van der Waals surface area (Å²) in [6, 6.07) is 6.03. The van der Waals surface area contributed by atoms with Crippen LogP contribution in [0.15, 0.2) is 18.2 Å². The fourth-order valence-corrected chi connectivity index (χ4v) is 1.83. The quantitative estimate of drug-likeness (QED) is 0.858. The zero-order valence-corrected chi connectivity index (χ0v) is 10.4. The molecule has 0 bridgehead atoms. The molecule has 0 saturated carbocycles. The lowest BCUT2D eigenvalue weighted by Gasteiger charge is -2.19. The van der Waals surface area contributed by atoms with Crippen molar-refractivity contribution in [2.24, 2.45) is 5.73 Å². The Morgan fingerprint density at radius 3 is 2.47 bits per heavy atom. The molecule has 15 heavy (non-hydrogen) atoms. The number of nitrogens with one attached hydrogen (secondary N) is 1. The van der Waals surface area contributed by atoms with Crippen LogP contribution in [-0.4, -0.2) is 13.1 Å². The van der Waals surface area contributed by atoms with Crippen LogP contribution >= 0.6 is 23.2 Å². The second-order valence-corrected chi connectivity index (χ2v) is 4.54. The van der Waals surface area contributed by atoms with Crippen molar-refractivity contribution >= 4 is 23.2 Å². The van der Waals surface area contributed by atoms with Crippen molar-refractivity contribution in [2.45, 2.75) is 25.4 Å². The second kappa shape index (κ2) is 5.71. The Labute approximate surface area is 101 Å². The van der Waals surface area contributed by atoms with E-state index in [1.54, 1.807) is 0 Å². The molecule has 0 spiro atoms. The largest absolute Gasteiger partial charge is 0.328 e. The third-order valence-corrected chi connectivity index (χ3v) is 3.04. The van der Waals surface area contributed by atoms with E-state index in [0.29, 0.717) is 10.0 Å². The molecule has 0 heterocycles. The number of benzene rings is 1. The van der Waals surface area contributed by atoms with Crippen molar-refractivity contribution in [1.82, 2.24) is 5.32 Å². The molecule has 2 unspecified atom stereocenters. The van der Waals surface area contributed by atoms with Gasteiger partial charge in [0, 0.05) is 12.1 Å². The molecule has 2 atom stereocenters. The van der Waals surface area contributed by atoms with Gasteiger partial charge in [0.15, 0.2) is 0 Å². The van der Waals surface area contributed by atoms with Gasteiger partial charge in [-0.3, -0.25) is 0 Å². The van der Waals surface area contributed by atoms with E-state index >= 15 is 0 Å². The summed E-state index contributed by atoms with van der Waals surface area (Å²) in [6.45, 7) is 1.99. The van der Waals surface area contributed by atoms with Crippen LogP contribution in [0.4, 0.5) is 0 Å². The number of halogens is 2. The van der Waals surface area contributed by atoms with Crippen molar-refractivity contribution in [1.29, 1.82) is 0 Å².